The van der Waals surface area contributed by atoms with Gasteiger partial charge in [0.1, 0.15) is 0 Å². The van der Waals surface area contributed by atoms with Gasteiger partial charge in [0.2, 0.25) is 0 Å². The SMILES string of the molecule is Cc1ccc(CNCC(C)CN)c(C)c1C. The highest BCUT2D eigenvalue weighted by Crippen LogP contribution is 2.16. The molecule has 0 bridgehead atoms. The van der Waals surface area contributed by atoms with E-state index < -0.39 is 0 Å². The second-order valence-electron chi connectivity index (χ2n) is 4.76. The molecule has 3 N–H and O–H groups in total. The lowest BCUT2D eigenvalue weighted by Gasteiger charge is -2.14. The molecule has 0 saturated carbocycles. The number of rotatable bonds is 5. The zero-order chi connectivity index (χ0) is 12.1. The van der Waals surface area contributed by atoms with Crippen molar-refractivity contribution in [1.82, 2.24) is 5.32 Å². The number of aryl methyl sites for hydroxylation is 1. The monoisotopic (exact) mass is 220 g/mol. The largest absolute Gasteiger partial charge is 0.330 e. The minimum atomic E-state index is 0.548. The Labute approximate surface area is 99.2 Å². The van der Waals surface area contributed by atoms with Crippen molar-refractivity contribution in [2.45, 2.75) is 34.2 Å². The molecule has 1 aromatic carbocycles. The molecule has 90 valence electrons. The van der Waals surface area contributed by atoms with Crippen LogP contribution >= 0.6 is 0 Å². The van der Waals surface area contributed by atoms with E-state index in [9.17, 15) is 0 Å². The molecule has 0 spiro atoms. The second-order valence-corrected chi connectivity index (χ2v) is 4.76. The van der Waals surface area contributed by atoms with Gasteiger partial charge in [0, 0.05) is 6.54 Å². The summed E-state index contributed by atoms with van der Waals surface area (Å²) < 4.78 is 0. The van der Waals surface area contributed by atoms with Gasteiger partial charge in [-0.15, -0.1) is 0 Å². The predicted octanol–water partition coefficient (Wildman–Crippen LogP) is 2.30. The summed E-state index contributed by atoms with van der Waals surface area (Å²) in [6.45, 7) is 11.4. The molecule has 1 unspecified atom stereocenters. The fourth-order valence-electron chi connectivity index (χ4n) is 1.74. The minimum absolute atomic E-state index is 0.548. The summed E-state index contributed by atoms with van der Waals surface area (Å²) in [6.07, 6.45) is 0. The molecule has 1 rings (SSSR count). The number of hydrogen-bond donors (Lipinski definition) is 2. The van der Waals surface area contributed by atoms with Gasteiger partial charge in [0.25, 0.3) is 0 Å². The molecule has 0 aromatic heterocycles. The summed E-state index contributed by atoms with van der Waals surface area (Å²) in [5.74, 6) is 0.548. The lowest BCUT2D eigenvalue weighted by Crippen LogP contribution is -2.26. The molecule has 2 heteroatoms. The normalized spacial score (nSPS) is 12.8. The van der Waals surface area contributed by atoms with E-state index in [1.807, 2.05) is 0 Å². The number of benzene rings is 1. The third kappa shape index (κ3) is 3.32. The van der Waals surface area contributed by atoms with Crippen molar-refractivity contribution < 1.29 is 0 Å². The second kappa shape index (κ2) is 6.02. The Morgan fingerprint density at radius 3 is 2.50 bits per heavy atom. The molecule has 0 amide bonds. The van der Waals surface area contributed by atoms with Gasteiger partial charge in [-0.1, -0.05) is 19.1 Å². The van der Waals surface area contributed by atoms with Crippen LogP contribution in [0.5, 0.6) is 0 Å². The lowest BCUT2D eigenvalue weighted by molar-refractivity contribution is 0.521. The molecule has 1 aromatic rings. The molecule has 0 fully saturated rings. The molecule has 1 atom stereocenters. The lowest BCUT2D eigenvalue weighted by atomic mass is 9.99. The van der Waals surface area contributed by atoms with Crippen molar-refractivity contribution in [3.8, 4) is 0 Å². The van der Waals surface area contributed by atoms with Crippen LogP contribution in [0.1, 0.15) is 29.2 Å². The molecule has 0 radical (unpaired) electrons. The van der Waals surface area contributed by atoms with Gasteiger partial charge in [-0.2, -0.15) is 0 Å². The first-order valence-electron chi connectivity index (χ1n) is 6.02. The highest BCUT2D eigenvalue weighted by atomic mass is 14.9. The highest BCUT2D eigenvalue weighted by molar-refractivity contribution is 5.38. The predicted molar refractivity (Wildman–Crippen MR) is 70.6 cm³/mol. The molecule has 0 heterocycles. The van der Waals surface area contributed by atoms with E-state index in [1.165, 1.54) is 22.3 Å². The van der Waals surface area contributed by atoms with Gasteiger partial charge in [-0.25, -0.2) is 0 Å². The van der Waals surface area contributed by atoms with Crippen molar-refractivity contribution in [3.05, 3.63) is 34.4 Å². The van der Waals surface area contributed by atoms with Crippen molar-refractivity contribution in [2.24, 2.45) is 11.7 Å². The van der Waals surface area contributed by atoms with Gasteiger partial charge >= 0.3 is 0 Å². The van der Waals surface area contributed by atoms with Crippen LogP contribution in [0.3, 0.4) is 0 Å². The van der Waals surface area contributed by atoms with Crippen LogP contribution in [0.4, 0.5) is 0 Å². The van der Waals surface area contributed by atoms with Crippen LogP contribution in [-0.2, 0) is 6.54 Å². The Bertz CT molecular complexity index is 345. The number of nitrogens with two attached hydrogens (primary N) is 1. The van der Waals surface area contributed by atoms with E-state index in [4.69, 9.17) is 5.73 Å². The van der Waals surface area contributed by atoms with Gasteiger partial charge < -0.3 is 11.1 Å². The first kappa shape index (κ1) is 13.2. The molecule has 16 heavy (non-hydrogen) atoms. The Morgan fingerprint density at radius 2 is 1.88 bits per heavy atom. The Balaban J connectivity index is 2.58. The summed E-state index contributed by atoms with van der Waals surface area (Å²) in [5.41, 5.74) is 11.2. The summed E-state index contributed by atoms with van der Waals surface area (Å²) in [4.78, 5) is 0. The standard InChI is InChI=1S/C14H24N2/c1-10(7-15)8-16-9-14-6-5-11(2)12(3)13(14)4/h5-6,10,16H,7-9,15H2,1-4H3. The van der Waals surface area contributed by atoms with Crippen molar-refractivity contribution in [1.29, 1.82) is 0 Å². The van der Waals surface area contributed by atoms with Crippen molar-refractivity contribution in [2.75, 3.05) is 13.1 Å². The van der Waals surface area contributed by atoms with Gasteiger partial charge in [-0.3, -0.25) is 0 Å². The first-order chi connectivity index (χ1) is 7.56. The summed E-state index contributed by atoms with van der Waals surface area (Å²) in [7, 11) is 0. The van der Waals surface area contributed by atoms with Crippen molar-refractivity contribution >= 4 is 0 Å². The van der Waals surface area contributed by atoms with Crippen LogP contribution in [0, 0.1) is 26.7 Å². The van der Waals surface area contributed by atoms with Crippen molar-refractivity contribution in [3.63, 3.8) is 0 Å². The summed E-state index contributed by atoms with van der Waals surface area (Å²) >= 11 is 0. The number of nitrogens with one attached hydrogen (secondary N) is 1. The zero-order valence-electron chi connectivity index (χ0n) is 10.9. The smallest absolute Gasteiger partial charge is 0.0208 e. The van der Waals surface area contributed by atoms with E-state index in [2.05, 4.69) is 45.1 Å². The van der Waals surface area contributed by atoms with Crippen LogP contribution in [0.15, 0.2) is 12.1 Å². The van der Waals surface area contributed by atoms with Crippen LogP contribution < -0.4 is 11.1 Å². The van der Waals surface area contributed by atoms with Gasteiger partial charge in [-0.05, 0) is 62.0 Å². The Morgan fingerprint density at radius 1 is 1.19 bits per heavy atom. The minimum Gasteiger partial charge on any atom is -0.330 e. The zero-order valence-corrected chi connectivity index (χ0v) is 10.9. The van der Waals surface area contributed by atoms with Crippen LogP contribution in [-0.4, -0.2) is 13.1 Å². The average molecular weight is 220 g/mol. The Kier molecular flexibility index (Phi) is 4.97. The third-order valence-corrected chi connectivity index (χ3v) is 3.38. The summed E-state index contributed by atoms with van der Waals surface area (Å²) in [6, 6.07) is 4.42. The Hall–Kier alpha value is -0.860. The van der Waals surface area contributed by atoms with E-state index in [-0.39, 0.29) is 0 Å². The van der Waals surface area contributed by atoms with Crippen LogP contribution in [0.2, 0.25) is 0 Å². The maximum Gasteiger partial charge on any atom is 0.0208 e. The molecule has 2 nitrogen and oxygen atoms in total. The average Bonchev–Trinajstić information content (AvgIpc) is 2.29. The molecule has 0 aliphatic rings. The van der Waals surface area contributed by atoms with Crippen LogP contribution in [0.25, 0.3) is 0 Å². The number of hydrogen-bond acceptors (Lipinski definition) is 2. The summed E-state index contributed by atoms with van der Waals surface area (Å²) in [5, 5.41) is 3.46. The van der Waals surface area contributed by atoms with E-state index >= 15 is 0 Å². The van der Waals surface area contributed by atoms with E-state index in [0.717, 1.165) is 19.6 Å². The quantitative estimate of drug-likeness (QED) is 0.799. The highest BCUT2D eigenvalue weighted by Gasteiger charge is 2.04. The maximum atomic E-state index is 5.59. The molecule has 0 aliphatic heterocycles. The third-order valence-electron chi connectivity index (χ3n) is 3.38. The van der Waals surface area contributed by atoms with E-state index in [0.29, 0.717) is 5.92 Å². The fourth-order valence-corrected chi connectivity index (χ4v) is 1.74. The van der Waals surface area contributed by atoms with Gasteiger partial charge in [0.15, 0.2) is 0 Å². The first-order valence-corrected chi connectivity index (χ1v) is 6.02. The molecule has 0 saturated heterocycles. The topological polar surface area (TPSA) is 38.0 Å². The van der Waals surface area contributed by atoms with Gasteiger partial charge in [0.05, 0.1) is 0 Å². The molecule has 0 aliphatic carbocycles. The fraction of sp³-hybridized carbons (Fsp3) is 0.571. The maximum absolute atomic E-state index is 5.59. The molecular weight excluding hydrogens is 196 g/mol. The molecular formula is C14H24N2. The van der Waals surface area contributed by atoms with E-state index in [1.54, 1.807) is 0 Å².